The highest BCUT2D eigenvalue weighted by molar-refractivity contribution is 9.10. The van der Waals surface area contributed by atoms with Gasteiger partial charge in [-0.25, -0.2) is 4.98 Å². The quantitative estimate of drug-likeness (QED) is 0.668. The van der Waals surface area contributed by atoms with E-state index in [4.69, 9.17) is 9.15 Å². The molecule has 24 heavy (non-hydrogen) atoms. The molecule has 0 atom stereocenters. The minimum Gasteiger partial charge on any atom is -0.497 e. The number of anilines is 1. The van der Waals surface area contributed by atoms with Crippen LogP contribution in [-0.2, 0) is 6.42 Å². The van der Waals surface area contributed by atoms with Crippen LogP contribution in [0.5, 0.6) is 5.75 Å². The van der Waals surface area contributed by atoms with Gasteiger partial charge in [0.05, 0.1) is 7.11 Å². The molecule has 1 N–H and O–H groups in total. The van der Waals surface area contributed by atoms with Gasteiger partial charge in [-0.05, 0) is 46.6 Å². The molecule has 3 aromatic rings. The fourth-order valence-corrected chi connectivity index (χ4v) is 3.56. The number of hydrogen-bond donors (Lipinski definition) is 1. The highest BCUT2D eigenvalue weighted by Crippen LogP contribution is 2.24. The monoisotopic (exact) mass is 406 g/mol. The number of thiazole rings is 1. The number of methoxy groups -OCH3 is 1. The number of nitrogens with zero attached hydrogens (tertiary/aromatic N) is 1. The molecule has 3 rings (SSSR count). The first-order chi connectivity index (χ1) is 11.5. The number of rotatable bonds is 5. The maximum Gasteiger partial charge on any atom is 0.293 e. The van der Waals surface area contributed by atoms with Crippen LogP contribution >= 0.6 is 27.3 Å². The second-order valence-corrected chi connectivity index (χ2v) is 7.07. The van der Waals surface area contributed by atoms with Crippen molar-refractivity contribution in [2.75, 3.05) is 12.4 Å². The number of amides is 1. The van der Waals surface area contributed by atoms with E-state index < -0.39 is 0 Å². The Morgan fingerprint density at radius 2 is 2.12 bits per heavy atom. The van der Waals surface area contributed by atoms with Crippen LogP contribution in [0.15, 0.2) is 45.6 Å². The van der Waals surface area contributed by atoms with Gasteiger partial charge in [0.25, 0.3) is 5.91 Å². The zero-order chi connectivity index (χ0) is 17.1. The van der Waals surface area contributed by atoms with E-state index in [1.54, 1.807) is 19.4 Å². The fraction of sp³-hybridized carbons (Fsp3) is 0.176. The van der Waals surface area contributed by atoms with Crippen LogP contribution in [0.25, 0.3) is 0 Å². The number of nitrogens with one attached hydrogen (secondary N) is 1. The molecule has 2 aromatic heterocycles. The van der Waals surface area contributed by atoms with Gasteiger partial charge < -0.3 is 9.15 Å². The summed E-state index contributed by atoms with van der Waals surface area (Å²) in [6.07, 6.45) is 2.53. The fourth-order valence-electron chi connectivity index (χ4n) is 2.21. The molecule has 0 aliphatic heterocycles. The SMILES string of the molecule is COc1ccc(Cc2cnc(NC(=O)c3oc(Br)cc3C)s2)cc1. The molecule has 0 fully saturated rings. The summed E-state index contributed by atoms with van der Waals surface area (Å²) in [5.74, 6) is 0.813. The standard InChI is InChI=1S/C17H15BrN2O3S/c1-10-7-14(18)23-15(10)16(21)20-17-19-9-13(24-17)8-11-3-5-12(22-2)6-4-11/h3-7,9H,8H2,1-2H3,(H,19,20,21). The Kier molecular flexibility index (Phi) is 5.01. The van der Waals surface area contributed by atoms with Crippen LogP contribution in [0, 0.1) is 6.92 Å². The molecule has 1 amide bonds. The summed E-state index contributed by atoms with van der Waals surface area (Å²) in [6.45, 7) is 1.82. The lowest BCUT2D eigenvalue weighted by molar-refractivity contribution is 0.0994. The van der Waals surface area contributed by atoms with Gasteiger partial charge in [0.15, 0.2) is 15.6 Å². The Labute approximate surface area is 151 Å². The smallest absolute Gasteiger partial charge is 0.293 e. The molecule has 0 saturated heterocycles. The molecule has 2 heterocycles. The Balaban J connectivity index is 1.66. The molecule has 5 nitrogen and oxygen atoms in total. The summed E-state index contributed by atoms with van der Waals surface area (Å²) in [5.41, 5.74) is 1.93. The van der Waals surface area contributed by atoms with Crippen molar-refractivity contribution in [2.24, 2.45) is 0 Å². The average molecular weight is 407 g/mol. The third-order valence-corrected chi connectivity index (χ3v) is 4.71. The minimum absolute atomic E-state index is 0.286. The second kappa shape index (κ2) is 7.19. The number of aryl methyl sites for hydroxylation is 1. The number of furan rings is 1. The number of benzene rings is 1. The van der Waals surface area contributed by atoms with Gasteiger partial charge in [0.2, 0.25) is 0 Å². The van der Waals surface area contributed by atoms with E-state index in [-0.39, 0.29) is 11.7 Å². The lowest BCUT2D eigenvalue weighted by atomic mass is 10.1. The van der Waals surface area contributed by atoms with Crippen LogP contribution < -0.4 is 10.1 Å². The largest absolute Gasteiger partial charge is 0.497 e. The van der Waals surface area contributed by atoms with E-state index in [1.165, 1.54) is 11.3 Å². The molecule has 0 aliphatic rings. The summed E-state index contributed by atoms with van der Waals surface area (Å²) in [6, 6.07) is 9.64. The zero-order valence-corrected chi connectivity index (χ0v) is 15.5. The van der Waals surface area contributed by atoms with Crippen molar-refractivity contribution in [1.29, 1.82) is 0 Å². The molecule has 0 bridgehead atoms. The van der Waals surface area contributed by atoms with Crippen molar-refractivity contribution in [3.05, 3.63) is 63.0 Å². The second-order valence-electron chi connectivity index (χ2n) is 5.17. The average Bonchev–Trinajstić information content (AvgIpc) is 3.14. The van der Waals surface area contributed by atoms with Gasteiger partial charge in [-0.2, -0.15) is 0 Å². The molecule has 0 saturated carbocycles. The van der Waals surface area contributed by atoms with Crippen molar-refractivity contribution in [3.8, 4) is 5.75 Å². The number of halogens is 1. The summed E-state index contributed by atoms with van der Waals surface area (Å²) in [7, 11) is 1.65. The summed E-state index contributed by atoms with van der Waals surface area (Å²) in [5, 5.41) is 3.32. The lowest BCUT2D eigenvalue weighted by Gasteiger charge is -2.01. The molecule has 0 spiro atoms. The summed E-state index contributed by atoms with van der Waals surface area (Å²) >= 11 is 4.67. The zero-order valence-electron chi connectivity index (χ0n) is 13.1. The maximum absolute atomic E-state index is 12.2. The van der Waals surface area contributed by atoms with Crippen LogP contribution in [0.4, 0.5) is 5.13 Å². The van der Waals surface area contributed by atoms with Gasteiger partial charge in [-0.1, -0.05) is 12.1 Å². The van der Waals surface area contributed by atoms with Gasteiger partial charge in [0.1, 0.15) is 5.75 Å². The van der Waals surface area contributed by atoms with Crippen molar-refractivity contribution in [3.63, 3.8) is 0 Å². The van der Waals surface area contributed by atoms with Crippen molar-refractivity contribution in [1.82, 2.24) is 4.98 Å². The Bertz CT molecular complexity index is 855. The third-order valence-electron chi connectivity index (χ3n) is 3.41. The first kappa shape index (κ1) is 16.7. The molecule has 0 unspecified atom stereocenters. The van der Waals surface area contributed by atoms with E-state index in [2.05, 4.69) is 26.2 Å². The summed E-state index contributed by atoms with van der Waals surface area (Å²) in [4.78, 5) is 17.5. The van der Waals surface area contributed by atoms with E-state index >= 15 is 0 Å². The van der Waals surface area contributed by atoms with Crippen LogP contribution in [0.3, 0.4) is 0 Å². The van der Waals surface area contributed by atoms with Gasteiger partial charge in [-0.3, -0.25) is 10.1 Å². The van der Waals surface area contributed by atoms with Crippen molar-refractivity contribution < 1.29 is 13.9 Å². The predicted molar refractivity (Wildman–Crippen MR) is 97.0 cm³/mol. The van der Waals surface area contributed by atoms with E-state index in [9.17, 15) is 4.79 Å². The number of hydrogen-bond acceptors (Lipinski definition) is 5. The van der Waals surface area contributed by atoms with Gasteiger partial charge in [-0.15, -0.1) is 11.3 Å². The normalized spacial score (nSPS) is 10.6. The molecule has 0 radical (unpaired) electrons. The van der Waals surface area contributed by atoms with Crippen molar-refractivity contribution in [2.45, 2.75) is 13.3 Å². The van der Waals surface area contributed by atoms with Crippen LogP contribution in [0.1, 0.15) is 26.6 Å². The number of carbonyl (C=O) groups excluding carboxylic acids is 1. The predicted octanol–water partition coefficient (Wildman–Crippen LogP) is 4.66. The van der Waals surface area contributed by atoms with Crippen molar-refractivity contribution >= 4 is 38.3 Å². The molecule has 124 valence electrons. The van der Waals surface area contributed by atoms with Crippen LogP contribution in [0.2, 0.25) is 0 Å². The van der Waals surface area contributed by atoms with Crippen LogP contribution in [-0.4, -0.2) is 18.0 Å². The number of aromatic nitrogens is 1. The first-order valence-electron chi connectivity index (χ1n) is 7.20. The first-order valence-corrected chi connectivity index (χ1v) is 8.81. The molecule has 0 aliphatic carbocycles. The number of carbonyl (C=O) groups is 1. The molecular weight excluding hydrogens is 392 g/mol. The Morgan fingerprint density at radius 3 is 2.75 bits per heavy atom. The Hall–Kier alpha value is -2.12. The van der Waals surface area contributed by atoms with E-state index in [0.717, 1.165) is 28.2 Å². The van der Waals surface area contributed by atoms with E-state index in [1.807, 2.05) is 31.2 Å². The van der Waals surface area contributed by atoms with Gasteiger partial charge >= 0.3 is 0 Å². The molecule has 1 aromatic carbocycles. The maximum atomic E-state index is 12.2. The lowest BCUT2D eigenvalue weighted by Crippen LogP contribution is -2.11. The molecule has 7 heteroatoms. The summed E-state index contributed by atoms with van der Waals surface area (Å²) < 4.78 is 11.0. The minimum atomic E-state index is -0.302. The topological polar surface area (TPSA) is 64.4 Å². The van der Waals surface area contributed by atoms with Gasteiger partial charge in [0, 0.05) is 23.1 Å². The Morgan fingerprint density at radius 1 is 1.38 bits per heavy atom. The molecular formula is C17H15BrN2O3S. The highest BCUT2D eigenvalue weighted by atomic mass is 79.9. The number of ether oxygens (including phenoxy) is 1. The third kappa shape index (κ3) is 3.85. The highest BCUT2D eigenvalue weighted by Gasteiger charge is 2.16. The van der Waals surface area contributed by atoms with E-state index in [0.29, 0.717) is 9.80 Å².